The van der Waals surface area contributed by atoms with Gasteiger partial charge in [0.15, 0.2) is 0 Å². The molecule has 18 heavy (non-hydrogen) atoms. The molecule has 2 N–H and O–H groups in total. The Labute approximate surface area is 108 Å². The van der Waals surface area contributed by atoms with E-state index >= 15 is 0 Å². The summed E-state index contributed by atoms with van der Waals surface area (Å²) in [5, 5.41) is 17.0. The maximum atomic E-state index is 10.4. The van der Waals surface area contributed by atoms with Gasteiger partial charge in [-0.15, -0.1) is 0 Å². The summed E-state index contributed by atoms with van der Waals surface area (Å²) < 4.78 is 0. The highest BCUT2D eigenvalue weighted by molar-refractivity contribution is 5.72. The molecule has 1 aromatic carbocycles. The van der Waals surface area contributed by atoms with Crippen molar-refractivity contribution in [3.63, 3.8) is 0 Å². The van der Waals surface area contributed by atoms with Gasteiger partial charge in [0.1, 0.15) is 0 Å². The van der Waals surface area contributed by atoms with Crippen LogP contribution in [0.1, 0.15) is 38.8 Å². The van der Waals surface area contributed by atoms with E-state index < -0.39 is 11.9 Å². The van der Waals surface area contributed by atoms with Gasteiger partial charge in [-0.2, -0.15) is 0 Å². The first-order valence-corrected chi connectivity index (χ1v) is 6.09. The molecule has 0 aliphatic heterocycles. The van der Waals surface area contributed by atoms with Gasteiger partial charge in [0.25, 0.3) is 0 Å². The number of carboxylic acid groups (broad SMARTS) is 2. The minimum Gasteiger partial charge on any atom is -0.481 e. The van der Waals surface area contributed by atoms with Crippen molar-refractivity contribution < 1.29 is 19.8 Å². The number of benzene rings is 1. The van der Waals surface area contributed by atoms with Crippen LogP contribution in [-0.2, 0) is 22.4 Å². The Hall–Kier alpha value is -1.84. The summed E-state index contributed by atoms with van der Waals surface area (Å²) in [6.45, 7) is 8.00. The van der Waals surface area contributed by atoms with Crippen molar-refractivity contribution in [1.82, 2.24) is 0 Å². The first-order chi connectivity index (χ1) is 8.58. The first kappa shape index (κ1) is 18.5. The molecule has 0 aliphatic carbocycles. The third kappa shape index (κ3) is 9.39. The highest BCUT2D eigenvalue weighted by Gasteiger charge is 2.03. The molecule has 0 radical (unpaired) electrons. The predicted molar refractivity (Wildman–Crippen MR) is 71.8 cm³/mol. The lowest BCUT2D eigenvalue weighted by Crippen LogP contribution is -2.03. The van der Waals surface area contributed by atoms with E-state index in [2.05, 4.69) is 0 Å². The van der Waals surface area contributed by atoms with Crippen LogP contribution < -0.4 is 0 Å². The van der Waals surface area contributed by atoms with Crippen LogP contribution in [0.4, 0.5) is 0 Å². The molecule has 0 unspecified atom stereocenters. The van der Waals surface area contributed by atoms with Crippen LogP contribution in [-0.4, -0.2) is 22.2 Å². The van der Waals surface area contributed by atoms with Crippen molar-refractivity contribution in [2.75, 3.05) is 0 Å². The van der Waals surface area contributed by atoms with E-state index in [4.69, 9.17) is 10.2 Å². The highest BCUT2D eigenvalue weighted by Crippen LogP contribution is 2.06. The Bertz CT molecular complexity index is 327. The van der Waals surface area contributed by atoms with Crippen LogP contribution in [0, 0.1) is 0 Å². The van der Waals surface area contributed by atoms with E-state index in [0.29, 0.717) is 11.1 Å². The average Bonchev–Trinajstić information content (AvgIpc) is 2.33. The summed E-state index contributed by atoms with van der Waals surface area (Å²) in [6.07, 6.45) is -0.152. The third-order valence-corrected chi connectivity index (χ3v) is 1.70. The molecule has 0 fully saturated rings. The summed E-state index contributed by atoms with van der Waals surface area (Å²) in [4.78, 5) is 20.8. The molecule has 0 saturated heterocycles. The summed E-state index contributed by atoms with van der Waals surface area (Å²) >= 11 is 0. The van der Waals surface area contributed by atoms with Crippen molar-refractivity contribution in [2.45, 2.75) is 40.5 Å². The van der Waals surface area contributed by atoms with Crippen molar-refractivity contribution >= 4 is 11.9 Å². The van der Waals surface area contributed by atoms with E-state index in [1.165, 1.54) is 0 Å². The van der Waals surface area contributed by atoms with E-state index in [9.17, 15) is 9.59 Å². The van der Waals surface area contributed by atoms with Gasteiger partial charge in [0.2, 0.25) is 0 Å². The zero-order valence-electron chi connectivity index (χ0n) is 11.4. The van der Waals surface area contributed by atoms with Gasteiger partial charge in [-0.25, -0.2) is 0 Å². The molecule has 0 spiro atoms. The van der Waals surface area contributed by atoms with Gasteiger partial charge in [0.05, 0.1) is 12.8 Å². The van der Waals surface area contributed by atoms with Crippen LogP contribution in [0.25, 0.3) is 0 Å². The maximum absolute atomic E-state index is 10.4. The van der Waals surface area contributed by atoms with Gasteiger partial charge in [-0.05, 0) is 11.1 Å². The van der Waals surface area contributed by atoms with Gasteiger partial charge < -0.3 is 10.2 Å². The summed E-state index contributed by atoms with van der Waals surface area (Å²) in [7, 11) is 0. The van der Waals surface area contributed by atoms with Gasteiger partial charge in [-0.1, -0.05) is 52.0 Å². The number of hydrogen-bond donors (Lipinski definition) is 2. The van der Waals surface area contributed by atoms with Crippen molar-refractivity contribution in [3.8, 4) is 0 Å². The number of hydrogen-bond acceptors (Lipinski definition) is 2. The van der Waals surface area contributed by atoms with Crippen LogP contribution in [0.3, 0.4) is 0 Å². The SMILES string of the molecule is CC.CC.O=C(O)Cc1cccc(CC(=O)O)c1. The molecule has 102 valence electrons. The monoisotopic (exact) mass is 254 g/mol. The molecule has 1 rings (SSSR count). The minimum atomic E-state index is -0.919. The third-order valence-electron chi connectivity index (χ3n) is 1.70. The Morgan fingerprint density at radius 1 is 0.889 bits per heavy atom. The van der Waals surface area contributed by atoms with E-state index in [0.717, 1.165) is 0 Å². The molecule has 0 amide bonds. The normalized spacial score (nSPS) is 8.22. The Balaban J connectivity index is 0. The van der Waals surface area contributed by atoms with Crippen molar-refractivity contribution in [2.24, 2.45) is 0 Å². The fraction of sp³-hybridized carbons (Fsp3) is 0.429. The standard InChI is InChI=1S/C10H10O4.2C2H6/c11-9(12)5-7-2-1-3-8(4-7)6-10(13)14;2*1-2/h1-4H,5-6H2,(H,11,12)(H,13,14);2*1-2H3. The van der Waals surface area contributed by atoms with Crippen molar-refractivity contribution in [3.05, 3.63) is 35.4 Å². The molecule has 0 bridgehead atoms. The summed E-state index contributed by atoms with van der Waals surface area (Å²) in [6, 6.07) is 6.59. The van der Waals surface area contributed by atoms with Crippen LogP contribution in [0.5, 0.6) is 0 Å². The largest absolute Gasteiger partial charge is 0.481 e. The highest BCUT2D eigenvalue weighted by atomic mass is 16.4. The first-order valence-electron chi connectivity index (χ1n) is 6.09. The van der Waals surface area contributed by atoms with Crippen molar-refractivity contribution in [1.29, 1.82) is 0 Å². The molecule has 0 saturated carbocycles. The smallest absolute Gasteiger partial charge is 0.307 e. The predicted octanol–water partition coefficient (Wildman–Crippen LogP) is 2.99. The van der Waals surface area contributed by atoms with E-state index in [-0.39, 0.29) is 12.8 Å². The molecule has 0 aliphatic rings. The molecule has 0 atom stereocenters. The second-order valence-electron chi connectivity index (χ2n) is 2.96. The maximum Gasteiger partial charge on any atom is 0.307 e. The second kappa shape index (κ2) is 11.6. The lowest BCUT2D eigenvalue weighted by Gasteiger charge is -2.00. The Morgan fingerprint density at radius 2 is 1.22 bits per heavy atom. The molecule has 0 heterocycles. The Kier molecular flexibility index (Phi) is 12.0. The quantitative estimate of drug-likeness (QED) is 0.866. The lowest BCUT2D eigenvalue weighted by molar-refractivity contribution is -0.137. The number of carboxylic acids is 2. The molecule has 4 nitrogen and oxygen atoms in total. The lowest BCUT2D eigenvalue weighted by atomic mass is 10.1. The zero-order valence-corrected chi connectivity index (χ0v) is 11.4. The molecule has 1 aromatic rings. The minimum absolute atomic E-state index is 0.0759. The van der Waals surface area contributed by atoms with Crippen LogP contribution in [0.2, 0.25) is 0 Å². The molecule has 0 aromatic heterocycles. The molecule has 4 heteroatoms. The zero-order chi connectivity index (χ0) is 14.6. The fourth-order valence-corrected chi connectivity index (χ4v) is 1.20. The van der Waals surface area contributed by atoms with E-state index in [1.807, 2.05) is 27.7 Å². The van der Waals surface area contributed by atoms with Crippen LogP contribution in [0.15, 0.2) is 24.3 Å². The molecular weight excluding hydrogens is 232 g/mol. The summed E-state index contributed by atoms with van der Waals surface area (Å²) in [5.41, 5.74) is 1.24. The number of aliphatic carboxylic acids is 2. The summed E-state index contributed by atoms with van der Waals surface area (Å²) in [5.74, 6) is -1.84. The number of carbonyl (C=O) groups is 2. The second-order valence-corrected chi connectivity index (χ2v) is 2.96. The number of rotatable bonds is 4. The topological polar surface area (TPSA) is 74.6 Å². The van der Waals surface area contributed by atoms with Gasteiger partial charge in [-0.3, -0.25) is 9.59 Å². The van der Waals surface area contributed by atoms with E-state index in [1.54, 1.807) is 24.3 Å². The van der Waals surface area contributed by atoms with Gasteiger partial charge in [0, 0.05) is 0 Å². The Morgan fingerprint density at radius 3 is 1.50 bits per heavy atom. The molecular formula is C14H22O4. The fourth-order valence-electron chi connectivity index (χ4n) is 1.20. The average molecular weight is 254 g/mol. The van der Waals surface area contributed by atoms with Gasteiger partial charge >= 0.3 is 11.9 Å². The van der Waals surface area contributed by atoms with Crippen LogP contribution >= 0.6 is 0 Å².